The first-order valence-electron chi connectivity index (χ1n) is 6.57. The first-order valence-corrected chi connectivity index (χ1v) is 6.95. The summed E-state index contributed by atoms with van der Waals surface area (Å²) in [7, 11) is 0. The summed E-state index contributed by atoms with van der Waals surface area (Å²) in [4.78, 5) is 4.28. The van der Waals surface area contributed by atoms with Crippen LogP contribution < -0.4 is 0 Å². The lowest BCUT2D eigenvalue weighted by Gasteiger charge is -2.07. The molecular formula is C15H15ClN4. The third-order valence-electron chi connectivity index (χ3n) is 3.52. The third-order valence-corrected chi connectivity index (χ3v) is 3.77. The molecule has 0 fully saturated rings. The molecule has 3 aromatic rings. The third kappa shape index (κ3) is 2.27. The van der Waals surface area contributed by atoms with Crippen molar-refractivity contribution < 1.29 is 0 Å². The second-order valence-electron chi connectivity index (χ2n) is 4.83. The molecule has 0 bridgehead atoms. The fourth-order valence-corrected chi connectivity index (χ4v) is 2.55. The standard InChI is InChI=1S/C15H15ClN4/c1-10-11(2)20-13(18-19-15(20)14(16)17-10)9-8-12-6-4-3-5-7-12/h3-7H,8-9H2,1-2H3. The van der Waals surface area contributed by atoms with Crippen LogP contribution in [-0.2, 0) is 12.8 Å². The molecule has 0 saturated carbocycles. The van der Waals surface area contributed by atoms with Gasteiger partial charge in [0.05, 0.1) is 5.69 Å². The Bertz CT molecular complexity index is 749. The Labute approximate surface area is 122 Å². The zero-order chi connectivity index (χ0) is 14.1. The Kier molecular flexibility index (Phi) is 3.40. The minimum absolute atomic E-state index is 0.409. The van der Waals surface area contributed by atoms with Gasteiger partial charge in [0.25, 0.3) is 0 Å². The van der Waals surface area contributed by atoms with Crippen LogP contribution in [0.5, 0.6) is 0 Å². The maximum atomic E-state index is 6.13. The van der Waals surface area contributed by atoms with Crippen LogP contribution in [0.4, 0.5) is 0 Å². The van der Waals surface area contributed by atoms with Crippen LogP contribution in [-0.4, -0.2) is 19.6 Å². The largest absolute Gasteiger partial charge is 0.279 e. The number of hydrogen-bond acceptors (Lipinski definition) is 3. The molecule has 0 aliphatic rings. The zero-order valence-corrected chi connectivity index (χ0v) is 12.2. The molecule has 2 heterocycles. The van der Waals surface area contributed by atoms with Gasteiger partial charge in [-0.2, -0.15) is 0 Å². The molecule has 0 radical (unpaired) electrons. The quantitative estimate of drug-likeness (QED) is 0.743. The van der Waals surface area contributed by atoms with Crippen molar-refractivity contribution in [2.45, 2.75) is 26.7 Å². The Morgan fingerprint density at radius 1 is 1.05 bits per heavy atom. The second-order valence-corrected chi connectivity index (χ2v) is 5.19. The highest BCUT2D eigenvalue weighted by atomic mass is 35.5. The number of benzene rings is 1. The van der Waals surface area contributed by atoms with Crippen LogP contribution in [0.15, 0.2) is 30.3 Å². The molecule has 1 aromatic carbocycles. The predicted molar refractivity (Wildman–Crippen MR) is 79.1 cm³/mol. The summed E-state index contributed by atoms with van der Waals surface area (Å²) >= 11 is 6.13. The van der Waals surface area contributed by atoms with E-state index in [1.807, 2.05) is 36.4 Å². The topological polar surface area (TPSA) is 43.1 Å². The number of aromatic nitrogens is 4. The highest BCUT2D eigenvalue weighted by Gasteiger charge is 2.13. The van der Waals surface area contributed by atoms with Crippen molar-refractivity contribution in [3.63, 3.8) is 0 Å². The van der Waals surface area contributed by atoms with E-state index < -0.39 is 0 Å². The van der Waals surface area contributed by atoms with E-state index in [0.717, 1.165) is 30.1 Å². The average Bonchev–Trinajstić information content (AvgIpc) is 2.88. The van der Waals surface area contributed by atoms with Crippen molar-refractivity contribution in [2.24, 2.45) is 0 Å². The molecule has 0 atom stereocenters. The predicted octanol–water partition coefficient (Wildman–Crippen LogP) is 3.18. The number of fused-ring (bicyclic) bond motifs is 1. The molecule has 0 aliphatic carbocycles. The van der Waals surface area contributed by atoms with Gasteiger partial charge in [0.1, 0.15) is 5.82 Å². The van der Waals surface area contributed by atoms with E-state index in [9.17, 15) is 0 Å². The highest BCUT2D eigenvalue weighted by molar-refractivity contribution is 6.32. The van der Waals surface area contributed by atoms with Gasteiger partial charge in [0.15, 0.2) is 10.8 Å². The van der Waals surface area contributed by atoms with E-state index in [2.05, 4.69) is 27.3 Å². The second kappa shape index (κ2) is 5.21. The Morgan fingerprint density at radius 2 is 1.80 bits per heavy atom. The van der Waals surface area contributed by atoms with Gasteiger partial charge in [-0.3, -0.25) is 4.40 Å². The van der Waals surface area contributed by atoms with E-state index in [-0.39, 0.29) is 0 Å². The van der Waals surface area contributed by atoms with Crippen molar-refractivity contribution >= 4 is 17.2 Å². The Balaban J connectivity index is 1.96. The van der Waals surface area contributed by atoms with Gasteiger partial charge >= 0.3 is 0 Å². The smallest absolute Gasteiger partial charge is 0.198 e. The number of rotatable bonds is 3. The number of hydrogen-bond donors (Lipinski definition) is 0. The van der Waals surface area contributed by atoms with Crippen LogP contribution in [0, 0.1) is 13.8 Å². The average molecular weight is 287 g/mol. The summed E-state index contributed by atoms with van der Waals surface area (Å²) in [6.45, 7) is 3.96. The first-order chi connectivity index (χ1) is 9.66. The minimum atomic E-state index is 0.409. The maximum absolute atomic E-state index is 6.13. The van der Waals surface area contributed by atoms with Crippen molar-refractivity contribution in [2.75, 3.05) is 0 Å². The van der Waals surface area contributed by atoms with Crippen LogP contribution >= 0.6 is 11.6 Å². The van der Waals surface area contributed by atoms with Crippen molar-refractivity contribution in [3.05, 3.63) is 58.3 Å². The fraction of sp³-hybridized carbons (Fsp3) is 0.267. The lowest BCUT2D eigenvalue weighted by molar-refractivity contribution is 0.821. The monoisotopic (exact) mass is 286 g/mol. The Hall–Kier alpha value is -1.94. The number of nitrogens with zero attached hydrogens (tertiary/aromatic N) is 4. The lowest BCUT2D eigenvalue weighted by Crippen LogP contribution is -2.04. The van der Waals surface area contributed by atoms with E-state index in [4.69, 9.17) is 11.6 Å². The van der Waals surface area contributed by atoms with Gasteiger partial charge in [0, 0.05) is 12.1 Å². The minimum Gasteiger partial charge on any atom is -0.279 e. The molecule has 5 heteroatoms. The molecule has 0 N–H and O–H groups in total. The summed E-state index contributed by atoms with van der Waals surface area (Å²) in [6, 6.07) is 10.4. The molecule has 0 unspecified atom stereocenters. The normalized spacial score (nSPS) is 11.2. The molecule has 102 valence electrons. The molecule has 0 spiro atoms. The molecule has 0 aliphatic heterocycles. The zero-order valence-electron chi connectivity index (χ0n) is 11.5. The highest BCUT2D eigenvalue weighted by Crippen LogP contribution is 2.19. The molecular weight excluding hydrogens is 272 g/mol. The van der Waals surface area contributed by atoms with Crippen LogP contribution in [0.2, 0.25) is 5.15 Å². The molecule has 20 heavy (non-hydrogen) atoms. The number of aryl methyl sites for hydroxylation is 4. The molecule has 2 aromatic heterocycles. The number of halogens is 1. The molecule has 3 rings (SSSR count). The van der Waals surface area contributed by atoms with Crippen LogP contribution in [0.25, 0.3) is 5.65 Å². The first kappa shape index (κ1) is 13.1. The van der Waals surface area contributed by atoms with Gasteiger partial charge in [-0.1, -0.05) is 41.9 Å². The van der Waals surface area contributed by atoms with Crippen LogP contribution in [0.1, 0.15) is 22.8 Å². The lowest BCUT2D eigenvalue weighted by atomic mass is 10.1. The van der Waals surface area contributed by atoms with Crippen molar-refractivity contribution in [1.82, 2.24) is 19.6 Å². The van der Waals surface area contributed by atoms with Gasteiger partial charge < -0.3 is 0 Å². The fourth-order valence-electron chi connectivity index (χ4n) is 2.31. The van der Waals surface area contributed by atoms with Gasteiger partial charge in [-0.05, 0) is 25.8 Å². The van der Waals surface area contributed by atoms with E-state index in [0.29, 0.717) is 10.8 Å². The summed E-state index contributed by atoms with van der Waals surface area (Å²) in [5.74, 6) is 0.925. The summed E-state index contributed by atoms with van der Waals surface area (Å²) in [5.41, 5.74) is 3.87. The summed E-state index contributed by atoms with van der Waals surface area (Å²) < 4.78 is 2.01. The van der Waals surface area contributed by atoms with Crippen molar-refractivity contribution in [1.29, 1.82) is 0 Å². The summed E-state index contributed by atoms with van der Waals surface area (Å²) in [6.07, 6.45) is 1.76. The molecule has 0 saturated heterocycles. The van der Waals surface area contributed by atoms with Gasteiger partial charge in [-0.25, -0.2) is 4.98 Å². The van der Waals surface area contributed by atoms with Crippen molar-refractivity contribution in [3.8, 4) is 0 Å². The summed E-state index contributed by atoms with van der Waals surface area (Å²) in [5, 5.41) is 8.82. The maximum Gasteiger partial charge on any atom is 0.198 e. The van der Waals surface area contributed by atoms with E-state index in [1.165, 1.54) is 5.56 Å². The SMILES string of the molecule is Cc1nc(Cl)c2nnc(CCc3ccccc3)n2c1C. The van der Waals surface area contributed by atoms with Gasteiger partial charge in [0.2, 0.25) is 0 Å². The van der Waals surface area contributed by atoms with Crippen LogP contribution in [0.3, 0.4) is 0 Å². The molecule has 4 nitrogen and oxygen atoms in total. The van der Waals surface area contributed by atoms with E-state index in [1.54, 1.807) is 0 Å². The van der Waals surface area contributed by atoms with Gasteiger partial charge in [-0.15, -0.1) is 10.2 Å². The molecule has 0 amide bonds. The Morgan fingerprint density at radius 3 is 2.55 bits per heavy atom. The van der Waals surface area contributed by atoms with E-state index >= 15 is 0 Å².